The van der Waals surface area contributed by atoms with Gasteiger partial charge in [-0.3, -0.25) is 4.99 Å². The van der Waals surface area contributed by atoms with Gasteiger partial charge in [-0.1, -0.05) is 19.1 Å². The molecule has 1 aromatic carbocycles. The zero-order valence-corrected chi connectivity index (χ0v) is 18.9. The van der Waals surface area contributed by atoms with Gasteiger partial charge in [-0.25, -0.2) is 0 Å². The third-order valence-corrected chi connectivity index (χ3v) is 4.63. The Bertz CT molecular complexity index is 700. The van der Waals surface area contributed by atoms with Gasteiger partial charge < -0.3 is 20.5 Å². The zero-order valence-electron chi connectivity index (χ0n) is 15.8. The number of benzene rings is 1. The van der Waals surface area contributed by atoms with Gasteiger partial charge >= 0.3 is 6.61 Å². The average Bonchev–Trinajstić information content (AvgIpc) is 3.18. The van der Waals surface area contributed by atoms with E-state index in [0.717, 1.165) is 0 Å². The molecular weight excluding hydrogens is 499 g/mol. The molecule has 1 aromatic heterocycles. The summed E-state index contributed by atoms with van der Waals surface area (Å²) in [7, 11) is 0. The van der Waals surface area contributed by atoms with E-state index in [2.05, 4.69) is 38.7 Å². The highest BCUT2D eigenvalue weighted by molar-refractivity contribution is 14.0. The van der Waals surface area contributed by atoms with Gasteiger partial charge in [-0.05, 0) is 47.0 Å². The van der Waals surface area contributed by atoms with Crippen molar-refractivity contribution in [3.8, 4) is 5.75 Å². The Hall–Kier alpha value is -1.46. The fourth-order valence-electron chi connectivity index (χ4n) is 2.41. The Kier molecular flexibility index (Phi) is 11.3. The highest BCUT2D eigenvalue weighted by Gasteiger charge is 2.11. The highest BCUT2D eigenvalue weighted by atomic mass is 127. The Labute approximate surface area is 185 Å². The van der Waals surface area contributed by atoms with E-state index >= 15 is 0 Å². The number of hydrogen-bond donors (Lipinski definition) is 3. The highest BCUT2D eigenvalue weighted by Crippen LogP contribution is 2.19. The number of aliphatic hydroxyl groups is 1. The summed E-state index contributed by atoms with van der Waals surface area (Å²) >= 11 is 1.67. The predicted molar refractivity (Wildman–Crippen MR) is 120 cm³/mol. The molecule has 0 fully saturated rings. The number of halogens is 3. The van der Waals surface area contributed by atoms with Gasteiger partial charge in [0.1, 0.15) is 5.75 Å². The Morgan fingerprint density at radius 3 is 2.46 bits per heavy atom. The Morgan fingerprint density at radius 1 is 1.18 bits per heavy atom. The molecule has 0 radical (unpaired) electrons. The summed E-state index contributed by atoms with van der Waals surface area (Å²) in [6, 6.07) is 8.04. The number of aliphatic imine (C=N–C) groups is 1. The van der Waals surface area contributed by atoms with Crippen LogP contribution in [0.5, 0.6) is 5.75 Å². The Morgan fingerprint density at radius 2 is 1.89 bits per heavy atom. The van der Waals surface area contributed by atoms with Crippen molar-refractivity contribution in [3.05, 3.63) is 52.2 Å². The van der Waals surface area contributed by atoms with Crippen LogP contribution in [-0.2, 0) is 0 Å². The van der Waals surface area contributed by atoms with Crippen LogP contribution in [-0.4, -0.2) is 37.3 Å². The number of hydrogen-bond acceptors (Lipinski definition) is 4. The van der Waals surface area contributed by atoms with Crippen LogP contribution in [0.15, 0.2) is 46.1 Å². The van der Waals surface area contributed by atoms with Crippen LogP contribution in [0.1, 0.15) is 37.0 Å². The molecule has 0 aliphatic carbocycles. The molecule has 0 saturated carbocycles. The molecule has 2 atom stereocenters. The van der Waals surface area contributed by atoms with E-state index in [1.165, 1.54) is 17.7 Å². The summed E-state index contributed by atoms with van der Waals surface area (Å²) in [5.74, 6) is 0.988. The minimum absolute atomic E-state index is 0. The fourth-order valence-corrected chi connectivity index (χ4v) is 3.20. The van der Waals surface area contributed by atoms with Crippen LogP contribution in [0.3, 0.4) is 0 Å². The molecule has 3 N–H and O–H groups in total. The number of alkyl halides is 2. The van der Waals surface area contributed by atoms with Crippen molar-refractivity contribution < 1.29 is 18.6 Å². The lowest BCUT2D eigenvalue weighted by atomic mass is 10.1. The average molecular weight is 525 g/mol. The van der Waals surface area contributed by atoms with Crippen LogP contribution in [0, 0.1) is 0 Å². The van der Waals surface area contributed by atoms with Gasteiger partial charge in [0.2, 0.25) is 0 Å². The van der Waals surface area contributed by atoms with Crippen LogP contribution < -0.4 is 15.4 Å². The summed E-state index contributed by atoms with van der Waals surface area (Å²) in [5.41, 5.74) is 1.86. The second kappa shape index (κ2) is 12.9. The van der Waals surface area contributed by atoms with Gasteiger partial charge in [-0.15, -0.1) is 24.0 Å². The number of nitrogens with zero attached hydrogens (tertiary/aromatic N) is 1. The molecule has 5 nitrogen and oxygen atoms in total. The number of aliphatic hydroxyl groups excluding tert-OH is 1. The normalized spacial score (nSPS) is 13.6. The molecule has 0 bridgehead atoms. The van der Waals surface area contributed by atoms with Crippen molar-refractivity contribution in [1.29, 1.82) is 0 Å². The van der Waals surface area contributed by atoms with Crippen molar-refractivity contribution in [2.24, 2.45) is 4.99 Å². The number of thiophene rings is 1. The number of ether oxygens (including phenoxy) is 1. The van der Waals surface area contributed by atoms with Crippen LogP contribution in [0.2, 0.25) is 0 Å². The van der Waals surface area contributed by atoms with E-state index in [9.17, 15) is 13.9 Å². The minimum atomic E-state index is -2.86. The SMILES string of the molecule is CCNC(=NCC(C)c1ccsc1)NCC(O)c1ccc(OC(F)F)cc1.I. The largest absolute Gasteiger partial charge is 0.435 e. The van der Waals surface area contributed by atoms with E-state index in [1.807, 2.05) is 12.3 Å². The van der Waals surface area contributed by atoms with Crippen molar-refractivity contribution in [1.82, 2.24) is 10.6 Å². The molecule has 9 heteroatoms. The summed E-state index contributed by atoms with van der Waals surface area (Å²) in [6.07, 6.45) is -0.802. The second-order valence-electron chi connectivity index (χ2n) is 6.02. The molecule has 156 valence electrons. The molecule has 0 saturated heterocycles. The molecule has 2 rings (SSSR count). The van der Waals surface area contributed by atoms with Gasteiger partial charge in [-0.2, -0.15) is 20.1 Å². The number of guanidine groups is 1. The summed E-state index contributed by atoms with van der Waals surface area (Å²) in [6.45, 7) is 2.80. The second-order valence-corrected chi connectivity index (χ2v) is 6.80. The molecule has 0 amide bonds. The monoisotopic (exact) mass is 525 g/mol. The molecule has 1 heterocycles. The maximum Gasteiger partial charge on any atom is 0.387 e. The summed E-state index contributed by atoms with van der Waals surface area (Å²) in [5, 5.41) is 20.7. The number of nitrogens with one attached hydrogen (secondary N) is 2. The topological polar surface area (TPSA) is 65.9 Å². The van der Waals surface area contributed by atoms with E-state index in [0.29, 0.717) is 30.5 Å². The van der Waals surface area contributed by atoms with Crippen LogP contribution >= 0.6 is 35.3 Å². The maximum absolute atomic E-state index is 12.2. The quantitative estimate of drug-likeness (QED) is 0.259. The van der Waals surface area contributed by atoms with Gasteiger partial charge in [0.05, 0.1) is 6.10 Å². The molecule has 0 spiro atoms. The first-order valence-electron chi connectivity index (χ1n) is 8.76. The smallest absolute Gasteiger partial charge is 0.387 e. The first-order chi connectivity index (χ1) is 13.0. The fraction of sp³-hybridized carbons (Fsp3) is 0.421. The third kappa shape index (κ3) is 8.27. The molecular formula is C19H26F2IN3O2S. The van der Waals surface area contributed by atoms with Crippen molar-refractivity contribution in [3.63, 3.8) is 0 Å². The maximum atomic E-state index is 12.2. The van der Waals surface area contributed by atoms with Crippen molar-refractivity contribution in [2.75, 3.05) is 19.6 Å². The lowest BCUT2D eigenvalue weighted by Gasteiger charge is -2.16. The lowest BCUT2D eigenvalue weighted by Crippen LogP contribution is -2.39. The molecule has 0 aliphatic heterocycles. The third-order valence-electron chi connectivity index (χ3n) is 3.93. The summed E-state index contributed by atoms with van der Waals surface area (Å²) < 4.78 is 28.7. The molecule has 2 unspecified atom stereocenters. The molecule has 2 aromatic rings. The van der Waals surface area contributed by atoms with Gasteiger partial charge in [0, 0.05) is 25.6 Å². The molecule has 28 heavy (non-hydrogen) atoms. The first kappa shape index (κ1) is 24.6. The molecule has 0 aliphatic rings. The van der Waals surface area contributed by atoms with E-state index < -0.39 is 12.7 Å². The van der Waals surface area contributed by atoms with Crippen molar-refractivity contribution >= 4 is 41.3 Å². The van der Waals surface area contributed by atoms with E-state index in [1.54, 1.807) is 23.5 Å². The van der Waals surface area contributed by atoms with Crippen LogP contribution in [0.25, 0.3) is 0 Å². The standard InChI is InChI=1S/C19H25F2N3O2S.HI/c1-3-22-19(23-10-13(2)15-8-9-27-12-15)24-11-17(25)14-4-6-16(7-5-14)26-18(20)21;/h4-9,12-13,17-18,25H,3,10-11H2,1-2H3,(H2,22,23,24);1H. The van der Waals surface area contributed by atoms with Gasteiger partial charge in [0.15, 0.2) is 5.96 Å². The van der Waals surface area contributed by atoms with Crippen molar-refractivity contribution in [2.45, 2.75) is 32.5 Å². The summed E-state index contributed by atoms with van der Waals surface area (Å²) in [4.78, 5) is 4.57. The van der Waals surface area contributed by atoms with E-state index in [-0.39, 0.29) is 36.3 Å². The lowest BCUT2D eigenvalue weighted by molar-refractivity contribution is -0.0498. The van der Waals surface area contributed by atoms with E-state index in [4.69, 9.17) is 0 Å². The van der Waals surface area contributed by atoms with Gasteiger partial charge in [0.25, 0.3) is 0 Å². The minimum Gasteiger partial charge on any atom is -0.435 e. The predicted octanol–water partition coefficient (Wildman–Crippen LogP) is 4.36. The zero-order chi connectivity index (χ0) is 19.6. The van der Waals surface area contributed by atoms with Crippen LogP contribution in [0.4, 0.5) is 8.78 Å². The first-order valence-corrected chi connectivity index (χ1v) is 9.71. The Balaban J connectivity index is 0.00000392. The number of rotatable bonds is 9.